The normalized spacial score (nSPS) is 14.5. The number of carbonyl (C=O) groups is 1. The number of thiazole rings is 1. The number of aromatic amines is 1. The SMILES string of the molecule is COc1ccccc1-c1ncc(CN2CCC(Cc3ccc(=O)[nH]c3)CC2)s1.O=CO. The van der Waals surface area contributed by atoms with E-state index in [2.05, 4.69) is 20.9 Å². The summed E-state index contributed by atoms with van der Waals surface area (Å²) in [6.45, 7) is 2.92. The highest BCUT2D eigenvalue weighted by Gasteiger charge is 2.20. The van der Waals surface area contributed by atoms with Crippen LogP contribution in [0.4, 0.5) is 0 Å². The van der Waals surface area contributed by atoms with E-state index in [0.717, 1.165) is 42.4 Å². The number of nitrogens with one attached hydrogen (secondary N) is 1. The van der Waals surface area contributed by atoms with Crippen LogP contribution in [0, 0.1) is 5.92 Å². The molecule has 1 saturated heterocycles. The van der Waals surface area contributed by atoms with Crippen LogP contribution in [0.25, 0.3) is 10.6 Å². The number of ether oxygens (including phenoxy) is 1. The number of pyridine rings is 1. The zero-order valence-corrected chi connectivity index (χ0v) is 18.3. The van der Waals surface area contributed by atoms with Crippen molar-refractivity contribution in [2.75, 3.05) is 20.2 Å². The minimum atomic E-state index is -0.250. The molecule has 0 spiro atoms. The molecular formula is C23H27N3O4S. The van der Waals surface area contributed by atoms with Crippen molar-refractivity contribution in [3.63, 3.8) is 0 Å². The zero-order chi connectivity index (χ0) is 22.1. The third-order valence-corrected chi connectivity index (χ3v) is 6.37. The van der Waals surface area contributed by atoms with E-state index in [1.807, 2.05) is 36.7 Å². The molecule has 1 fully saturated rings. The van der Waals surface area contributed by atoms with Crippen LogP contribution < -0.4 is 10.3 Å². The average molecular weight is 442 g/mol. The fourth-order valence-electron chi connectivity index (χ4n) is 3.80. The Labute approximate surface area is 185 Å². The van der Waals surface area contributed by atoms with Gasteiger partial charge in [-0.15, -0.1) is 11.3 Å². The molecule has 0 atom stereocenters. The van der Waals surface area contributed by atoms with Crippen molar-refractivity contribution in [2.45, 2.75) is 25.8 Å². The molecule has 0 amide bonds. The fraction of sp³-hybridized carbons (Fsp3) is 0.348. The topological polar surface area (TPSA) is 95.5 Å². The van der Waals surface area contributed by atoms with Gasteiger partial charge in [0, 0.05) is 29.9 Å². The lowest BCUT2D eigenvalue weighted by molar-refractivity contribution is -0.122. The molecule has 7 nitrogen and oxygen atoms in total. The Balaban J connectivity index is 0.000000858. The number of hydrogen-bond acceptors (Lipinski definition) is 6. The Bertz CT molecular complexity index is 1000. The molecule has 31 heavy (non-hydrogen) atoms. The number of rotatable bonds is 6. The molecule has 3 aromatic rings. The summed E-state index contributed by atoms with van der Waals surface area (Å²) in [6, 6.07) is 11.6. The maximum absolute atomic E-state index is 11.2. The van der Waals surface area contributed by atoms with Crippen molar-refractivity contribution in [2.24, 2.45) is 5.92 Å². The van der Waals surface area contributed by atoms with E-state index in [1.165, 1.54) is 23.3 Å². The number of likely N-dealkylation sites (tertiary alicyclic amines) is 1. The number of para-hydroxylation sites is 1. The van der Waals surface area contributed by atoms with Crippen LogP contribution in [0.5, 0.6) is 5.75 Å². The number of H-pyrrole nitrogens is 1. The number of piperidine rings is 1. The van der Waals surface area contributed by atoms with Gasteiger partial charge in [-0.1, -0.05) is 18.2 Å². The smallest absolute Gasteiger partial charge is 0.290 e. The molecule has 1 aliphatic heterocycles. The molecule has 1 aliphatic rings. The predicted octanol–water partition coefficient (Wildman–Crippen LogP) is 3.66. The molecule has 4 rings (SSSR count). The van der Waals surface area contributed by atoms with Gasteiger partial charge in [-0.3, -0.25) is 14.5 Å². The van der Waals surface area contributed by atoms with Crippen LogP contribution in [0.15, 0.2) is 53.6 Å². The quantitative estimate of drug-likeness (QED) is 0.567. The second-order valence-electron chi connectivity index (χ2n) is 7.42. The molecule has 0 aliphatic carbocycles. The highest BCUT2D eigenvalue weighted by Crippen LogP contribution is 2.33. The van der Waals surface area contributed by atoms with Crippen LogP contribution in [0.1, 0.15) is 23.3 Å². The summed E-state index contributed by atoms with van der Waals surface area (Å²) in [7, 11) is 1.70. The Morgan fingerprint density at radius 2 is 2.00 bits per heavy atom. The Kier molecular flexibility index (Phi) is 8.37. The predicted molar refractivity (Wildman–Crippen MR) is 122 cm³/mol. The van der Waals surface area contributed by atoms with E-state index < -0.39 is 0 Å². The Morgan fingerprint density at radius 1 is 1.26 bits per heavy atom. The summed E-state index contributed by atoms with van der Waals surface area (Å²) in [5, 5.41) is 7.90. The molecule has 8 heteroatoms. The number of benzene rings is 1. The third-order valence-electron chi connectivity index (χ3n) is 5.35. The van der Waals surface area contributed by atoms with Gasteiger partial charge >= 0.3 is 0 Å². The number of nitrogens with zero attached hydrogens (tertiary/aromatic N) is 2. The number of hydrogen-bond donors (Lipinski definition) is 2. The van der Waals surface area contributed by atoms with Crippen LogP contribution >= 0.6 is 11.3 Å². The molecule has 0 saturated carbocycles. The van der Waals surface area contributed by atoms with Crippen molar-refractivity contribution in [1.29, 1.82) is 0 Å². The first-order chi connectivity index (χ1) is 15.1. The van der Waals surface area contributed by atoms with Gasteiger partial charge in [0.25, 0.3) is 6.47 Å². The first-order valence-corrected chi connectivity index (χ1v) is 11.0. The lowest BCUT2D eigenvalue weighted by atomic mass is 9.91. The molecular weight excluding hydrogens is 414 g/mol. The van der Waals surface area contributed by atoms with Crippen LogP contribution in [0.2, 0.25) is 0 Å². The van der Waals surface area contributed by atoms with Crippen LogP contribution in [-0.2, 0) is 17.8 Å². The molecule has 0 unspecified atom stereocenters. The van der Waals surface area contributed by atoms with Gasteiger partial charge in [0.2, 0.25) is 5.56 Å². The highest BCUT2D eigenvalue weighted by atomic mass is 32.1. The van der Waals surface area contributed by atoms with E-state index in [-0.39, 0.29) is 12.0 Å². The molecule has 1 aromatic carbocycles. The Morgan fingerprint density at radius 3 is 2.68 bits per heavy atom. The standard InChI is InChI=1S/C22H25N3O2S.CH2O2/c1-27-20-5-3-2-4-19(20)22-24-14-18(28-22)15-25-10-8-16(9-11-25)12-17-6-7-21(26)23-13-17;2-1-3/h2-7,13-14,16H,8-12,15H2,1H3,(H,23,26);1H,(H,2,3). The van der Waals surface area contributed by atoms with Crippen molar-refractivity contribution in [1.82, 2.24) is 14.9 Å². The van der Waals surface area contributed by atoms with Gasteiger partial charge in [0.1, 0.15) is 10.8 Å². The van der Waals surface area contributed by atoms with E-state index in [9.17, 15) is 4.79 Å². The monoisotopic (exact) mass is 441 g/mol. The second-order valence-corrected chi connectivity index (χ2v) is 8.54. The number of carboxylic acid groups (broad SMARTS) is 1. The molecule has 2 N–H and O–H groups in total. The summed E-state index contributed by atoms with van der Waals surface area (Å²) < 4.78 is 5.46. The Hall–Kier alpha value is -2.97. The molecule has 3 heterocycles. The van der Waals surface area contributed by atoms with Gasteiger partial charge < -0.3 is 14.8 Å². The van der Waals surface area contributed by atoms with E-state index in [1.54, 1.807) is 24.5 Å². The fourth-order valence-corrected chi connectivity index (χ4v) is 4.78. The van der Waals surface area contributed by atoms with E-state index in [0.29, 0.717) is 5.92 Å². The van der Waals surface area contributed by atoms with Crippen molar-refractivity contribution in [3.8, 4) is 16.3 Å². The lowest BCUT2D eigenvalue weighted by Crippen LogP contribution is -2.33. The summed E-state index contributed by atoms with van der Waals surface area (Å²) >= 11 is 1.75. The molecule has 0 bridgehead atoms. The summed E-state index contributed by atoms with van der Waals surface area (Å²) in [4.78, 5) is 30.8. The lowest BCUT2D eigenvalue weighted by Gasteiger charge is -2.31. The van der Waals surface area contributed by atoms with Crippen LogP contribution in [0.3, 0.4) is 0 Å². The summed E-state index contributed by atoms with van der Waals surface area (Å²) in [6.07, 6.45) is 7.28. The van der Waals surface area contributed by atoms with Crippen molar-refractivity contribution in [3.05, 3.63) is 69.6 Å². The summed E-state index contributed by atoms with van der Waals surface area (Å²) in [5.74, 6) is 1.55. The number of aromatic nitrogens is 2. The minimum absolute atomic E-state index is 0.0318. The molecule has 164 valence electrons. The van der Waals surface area contributed by atoms with Gasteiger partial charge in [-0.2, -0.15) is 0 Å². The van der Waals surface area contributed by atoms with Crippen LogP contribution in [-0.4, -0.2) is 46.6 Å². The third kappa shape index (κ3) is 6.50. The molecule has 0 radical (unpaired) electrons. The van der Waals surface area contributed by atoms with E-state index in [4.69, 9.17) is 14.6 Å². The zero-order valence-electron chi connectivity index (χ0n) is 17.5. The average Bonchev–Trinajstić information content (AvgIpc) is 3.25. The van der Waals surface area contributed by atoms with E-state index >= 15 is 0 Å². The van der Waals surface area contributed by atoms with Gasteiger partial charge in [-0.25, -0.2) is 4.98 Å². The van der Waals surface area contributed by atoms with Gasteiger partial charge in [0.15, 0.2) is 0 Å². The number of methoxy groups -OCH3 is 1. The first kappa shape index (κ1) is 22.7. The second kappa shape index (κ2) is 11.4. The van der Waals surface area contributed by atoms with Crippen molar-refractivity contribution < 1.29 is 14.6 Å². The maximum atomic E-state index is 11.2. The summed E-state index contributed by atoms with van der Waals surface area (Å²) in [5.41, 5.74) is 2.25. The van der Waals surface area contributed by atoms with Gasteiger partial charge in [-0.05, 0) is 56.0 Å². The van der Waals surface area contributed by atoms with Crippen molar-refractivity contribution >= 4 is 17.8 Å². The highest BCUT2D eigenvalue weighted by molar-refractivity contribution is 7.15. The molecule has 2 aromatic heterocycles. The maximum Gasteiger partial charge on any atom is 0.290 e. The van der Waals surface area contributed by atoms with Gasteiger partial charge in [0.05, 0.1) is 12.7 Å². The largest absolute Gasteiger partial charge is 0.496 e. The minimum Gasteiger partial charge on any atom is -0.496 e. The first-order valence-electron chi connectivity index (χ1n) is 10.2.